The Hall–Kier alpha value is -0.960. The zero-order chi connectivity index (χ0) is 17.9. The van der Waals surface area contributed by atoms with E-state index < -0.39 is 25.4 Å². The molecule has 0 heterocycles. The molecule has 0 spiro atoms. The van der Waals surface area contributed by atoms with E-state index in [2.05, 4.69) is 4.72 Å². The molecule has 0 bridgehead atoms. The fourth-order valence-corrected chi connectivity index (χ4v) is 4.74. The Morgan fingerprint density at radius 3 is 2.04 bits per heavy atom. The van der Waals surface area contributed by atoms with Gasteiger partial charge in [-0.2, -0.15) is 0 Å². The topological polar surface area (TPSA) is 106 Å². The first-order valence-corrected chi connectivity index (χ1v) is 10.9. The molecule has 3 N–H and O–H groups in total. The SMILES string of the molecule is CC(C)CC(C)(CN)NS(=O)(=O)c1ccc(CS(C)(=O)=O)cc1. The summed E-state index contributed by atoms with van der Waals surface area (Å²) in [6.07, 6.45) is 1.76. The molecule has 0 aliphatic carbocycles. The first-order valence-electron chi connectivity index (χ1n) is 7.38. The van der Waals surface area contributed by atoms with Gasteiger partial charge in [0.2, 0.25) is 10.0 Å². The molecule has 0 saturated heterocycles. The van der Waals surface area contributed by atoms with Gasteiger partial charge in [-0.05, 0) is 37.0 Å². The van der Waals surface area contributed by atoms with Crippen LogP contribution in [-0.2, 0) is 25.6 Å². The van der Waals surface area contributed by atoms with Gasteiger partial charge in [0.25, 0.3) is 0 Å². The second-order valence-electron chi connectivity index (χ2n) is 6.68. The Morgan fingerprint density at radius 2 is 1.65 bits per heavy atom. The van der Waals surface area contributed by atoms with E-state index in [1.807, 2.05) is 13.8 Å². The highest BCUT2D eigenvalue weighted by Gasteiger charge is 2.30. The first-order chi connectivity index (χ1) is 10.4. The minimum atomic E-state index is -3.72. The standard InChI is InChI=1S/C15H26N2O4S2/c1-12(2)9-15(3,11-16)17-23(20,21)14-7-5-13(6-8-14)10-22(4,18)19/h5-8,12,17H,9-11,16H2,1-4H3. The third kappa shape index (κ3) is 6.58. The van der Waals surface area contributed by atoms with Crippen LogP contribution in [0.1, 0.15) is 32.8 Å². The predicted octanol–water partition coefficient (Wildman–Crippen LogP) is 1.27. The van der Waals surface area contributed by atoms with Crippen molar-refractivity contribution >= 4 is 19.9 Å². The number of hydrogen-bond donors (Lipinski definition) is 2. The summed E-state index contributed by atoms with van der Waals surface area (Å²) >= 11 is 0. The van der Waals surface area contributed by atoms with Crippen molar-refractivity contribution in [2.24, 2.45) is 11.7 Å². The number of benzene rings is 1. The van der Waals surface area contributed by atoms with Crippen LogP contribution in [0.5, 0.6) is 0 Å². The molecule has 6 nitrogen and oxygen atoms in total. The zero-order valence-electron chi connectivity index (χ0n) is 14.0. The zero-order valence-corrected chi connectivity index (χ0v) is 15.7. The van der Waals surface area contributed by atoms with E-state index in [9.17, 15) is 16.8 Å². The van der Waals surface area contributed by atoms with Gasteiger partial charge in [0.1, 0.15) is 0 Å². The molecule has 1 aromatic carbocycles. The summed E-state index contributed by atoms with van der Waals surface area (Å²) in [5, 5.41) is 0. The Balaban J connectivity index is 3.00. The number of sulfonamides is 1. The summed E-state index contributed by atoms with van der Waals surface area (Å²) in [4.78, 5) is 0.0955. The molecule has 0 aromatic heterocycles. The molecular weight excluding hydrogens is 336 g/mol. The van der Waals surface area contributed by atoms with Crippen molar-refractivity contribution in [3.63, 3.8) is 0 Å². The molecule has 1 aromatic rings. The van der Waals surface area contributed by atoms with Gasteiger partial charge in [0, 0.05) is 18.3 Å². The molecule has 0 fully saturated rings. The number of sulfone groups is 1. The average Bonchev–Trinajstić information content (AvgIpc) is 2.35. The van der Waals surface area contributed by atoms with Gasteiger partial charge in [-0.1, -0.05) is 26.0 Å². The van der Waals surface area contributed by atoms with E-state index in [1.165, 1.54) is 24.3 Å². The van der Waals surface area contributed by atoms with Crippen LogP contribution >= 0.6 is 0 Å². The number of nitrogens with two attached hydrogens (primary N) is 1. The number of rotatable bonds is 8. The van der Waals surface area contributed by atoms with Crippen molar-refractivity contribution in [3.05, 3.63) is 29.8 Å². The minimum Gasteiger partial charge on any atom is -0.329 e. The number of nitrogens with one attached hydrogen (secondary N) is 1. The van der Waals surface area contributed by atoms with Crippen molar-refractivity contribution in [2.45, 2.75) is 43.4 Å². The molecular formula is C15H26N2O4S2. The van der Waals surface area contributed by atoms with Crippen molar-refractivity contribution in [3.8, 4) is 0 Å². The first kappa shape index (κ1) is 20.1. The maximum Gasteiger partial charge on any atom is 0.241 e. The highest BCUT2D eigenvalue weighted by molar-refractivity contribution is 7.90. The Morgan fingerprint density at radius 1 is 1.13 bits per heavy atom. The molecule has 0 radical (unpaired) electrons. The van der Waals surface area contributed by atoms with Crippen LogP contribution in [0.15, 0.2) is 29.2 Å². The van der Waals surface area contributed by atoms with E-state index >= 15 is 0 Å². The van der Waals surface area contributed by atoms with Crippen LogP contribution in [0.25, 0.3) is 0 Å². The van der Waals surface area contributed by atoms with E-state index in [0.29, 0.717) is 17.9 Å². The largest absolute Gasteiger partial charge is 0.329 e. The van der Waals surface area contributed by atoms with Gasteiger partial charge in [0.05, 0.1) is 10.6 Å². The van der Waals surface area contributed by atoms with Crippen LogP contribution in [0, 0.1) is 5.92 Å². The van der Waals surface area contributed by atoms with Crippen LogP contribution in [-0.4, -0.2) is 35.2 Å². The highest BCUT2D eigenvalue weighted by atomic mass is 32.2. The summed E-state index contributed by atoms with van der Waals surface area (Å²) in [6.45, 7) is 5.98. The smallest absolute Gasteiger partial charge is 0.241 e. The quantitative estimate of drug-likeness (QED) is 0.724. The van der Waals surface area contributed by atoms with Gasteiger partial charge < -0.3 is 5.73 Å². The molecule has 0 aliphatic rings. The maximum absolute atomic E-state index is 12.5. The van der Waals surface area contributed by atoms with Crippen LogP contribution in [0.4, 0.5) is 0 Å². The predicted molar refractivity (Wildman–Crippen MR) is 92.2 cm³/mol. The molecule has 1 atom stereocenters. The fourth-order valence-electron chi connectivity index (χ4n) is 2.52. The summed E-state index contributed by atoms with van der Waals surface area (Å²) < 4.78 is 50.2. The van der Waals surface area contributed by atoms with Crippen molar-refractivity contribution in [1.29, 1.82) is 0 Å². The van der Waals surface area contributed by atoms with Crippen LogP contribution in [0.2, 0.25) is 0 Å². The minimum absolute atomic E-state index is 0.0955. The van der Waals surface area contributed by atoms with Crippen LogP contribution in [0.3, 0.4) is 0 Å². The van der Waals surface area contributed by atoms with Crippen molar-refractivity contribution in [2.75, 3.05) is 12.8 Å². The van der Waals surface area contributed by atoms with Crippen LogP contribution < -0.4 is 10.5 Å². The monoisotopic (exact) mass is 362 g/mol. The third-order valence-corrected chi connectivity index (χ3v) is 5.86. The molecule has 1 unspecified atom stereocenters. The molecule has 0 aliphatic heterocycles. The molecule has 23 heavy (non-hydrogen) atoms. The lowest BCUT2D eigenvalue weighted by Gasteiger charge is -2.30. The molecule has 0 saturated carbocycles. The number of hydrogen-bond acceptors (Lipinski definition) is 5. The Bertz CT molecular complexity index is 725. The molecule has 132 valence electrons. The average molecular weight is 363 g/mol. The van der Waals surface area contributed by atoms with Crippen molar-refractivity contribution < 1.29 is 16.8 Å². The summed E-state index contributed by atoms with van der Waals surface area (Å²) in [6, 6.07) is 5.85. The fraction of sp³-hybridized carbons (Fsp3) is 0.600. The van der Waals surface area contributed by atoms with Gasteiger partial charge in [-0.15, -0.1) is 0 Å². The Labute approximate surface area is 139 Å². The Kier molecular flexibility index (Phi) is 6.37. The highest BCUT2D eigenvalue weighted by Crippen LogP contribution is 2.20. The van der Waals surface area contributed by atoms with Gasteiger partial charge in [-0.3, -0.25) is 0 Å². The lowest BCUT2D eigenvalue weighted by Crippen LogP contribution is -2.51. The van der Waals surface area contributed by atoms with Gasteiger partial charge in [0.15, 0.2) is 9.84 Å². The van der Waals surface area contributed by atoms with E-state index in [0.717, 1.165) is 6.26 Å². The maximum atomic E-state index is 12.5. The van der Waals surface area contributed by atoms with E-state index in [1.54, 1.807) is 6.92 Å². The molecule has 8 heteroatoms. The molecule has 0 amide bonds. The lowest BCUT2D eigenvalue weighted by atomic mass is 9.92. The second kappa shape index (κ2) is 7.29. The van der Waals surface area contributed by atoms with Gasteiger partial charge in [-0.25, -0.2) is 21.6 Å². The summed E-state index contributed by atoms with van der Waals surface area (Å²) in [5.74, 6) is 0.178. The van der Waals surface area contributed by atoms with E-state index in [4.69, 9.17) is 5.73 Å². The van der Waals surface area contributed by atoms with Crippen molar-refractivity contribution in [1.82, 2.24) is 4.72 Å². The van der Waals surface area contributed by atoms with E-state index in [-0.39, 0.29) is 17.2 Å². The summed E-state index contributed by atoms with van der Waals surface area (Å²) in [5.41, 5.74) is 5.57. The summed E-state index contributed by atoms with van der Waals surface area (Å²) in [7, 11) is -6.87. The molecule has 1 rings (SSSR count). The van der Waals surface area contributed by atoms with Gasteiger partial charge >= 0.3 is 0 Å². The normalized spacial score (nSPS) is 15.6. The third-order valence-electron chi connectivity index (χ3n) is 3.35. The second-order valence-corrected chi connectivity index (χ2v) is 10.5. The lowest BCUT2D eigenvalue weighted by molar-refractivity contribution is 0.344.